The van der Waals surface area contributed by atoms with Gasteiger partial charge in [0.1, 0.15) is 6.61 Å². The quantitative estimate of drug-likeness (QED) is 0.787. The van der Waals surface area contributed by atoms with E-state index in [9.17, 15) is 13.6 Å². The summed E-state index contributed by atoms with van der Waals surface area (Å²) in [7, 11) is 0. The Morgan fingerprint density at radius 3 is 2.53 bits per heavy atom. The minimum Gasteiger partial charge on any atom is -0.445 e. The smallest absolute Gasteiger partial charge is 0.412 e. The Morgan fingerprint density at radius 2 is 2.00 bits per heavy atom. The second-order valence-corrected chi connectivity index (χ2v) is 3.08. The van der Waals surface area contributed by atoms with Gasteiger partial charge < -0.3 is 4.74 Å². The Morgan fingerprint density at radius 1 is 1.40 bits per heavy atom. The Bertz CT molecular complexity index is 322. The van der Waals surface area contributed by atoms with Crippen LogP contribution in [0.4, 0.5) is 13.6 Å². The van der Waals surface area contributed by atoms with Gasteiger partial charge in [-0.05, 0) is 5.56 Å². The van der Waals surface area contributed by atoms with Crippen LogP contribution in [-0.2, 0) is 11.3 Å². The maximum absolute atomic E-state index is 12.3. The van der Waals surface area contributed by atoms with Gasteiger partial charge in [-0.15, -0.1) is 0 Å². The molecule has 0 aliphatic carbocycles. The summed E-state index contributed by atoms with van der Waals surface area (Å²) in [6, 6.07) is 5.56. The molecular weight excluding hydrogens is 204 g/mol. The number of halogens is 2. The molecular formula is C10H11F2NO2. The van der Waals surface area contributed by atoms with Gasteiger partial charge in [0.15, 0.2) is 0 Å². The van der Waals surface area contributed by atoms with Crippen LogP contribution in [0.5, 0.6) is 0 Å². The van der Waals surface area contributed by atoms with Crippen molar-refractivity contribution in [1.29, 1.82) is 0 Å². The zero-order valence-electron chi connectivity index (χ0n) is 8.17. The van der Waals surface area contributed by atoms with Crippen LogP contribution in [0.15, 0.2) is 30.3 Å². The molecule has 0 aliphatic rings. The van der Waals surface area contributed by atoms with Crippen molar-refractivity contribution in [3.8, 4) is 0 Å². The van der Waals surface area contributed by atoms with Crippen LogP contribution in [0, 0.1) is 0 Å². The van der Waals surface area contributed by atoms with E-state index in [1.807, 2.05) is 6.07 Å². The molecule has 1 N–H and O–H groups in total. The first-order valence-corrected chi connectivity index (χ1v) is 4.34. The first-order chi connectivity index (χ1) is 6.97. The van der Waals surface area contributed by atoms with E-state index in [1.54, 1.807) is 24.3 Å². The topological polar surface area (TPSA) is 38.3 Å². The van der Waals surface area contributed by atoms with Crippen molar-refractivity contribution in [2.24, 2.45) is 0 Å². The summed E-state index contributed by atoms with van der Waals surface area (Å²) < 4.78 is 29.1. The molecule has 15 heavy (non-hydrogen) atoms. The monoisotopic (exact) mass is 215 g/mol. The van der Waals surface area contributed by atoms with Crippen LogP contribution in [0.3, 0.4) is 0 Å². The summed E-state index contributed by atoms with van der Waals surface area (Å²) in [6.07, 6.45) is -1.13. The summed E-state index contributed by atoms with van der Waals surface area (Å²) in [6.45, 7) is 0.555. The number of rotatable bonds is 3. The molecule has 0 heterocycles. The van der Waals surface area contributed by atoms with Crippen molar-refractivity contribution in [2.45, 2.75) is 19.6 Å². The van der Waals surface area contributed by atoms with Crippen LogP contribution in [-0.4, -0.2) is 12.1 Å². The van der Waals surface area contributed by atoms with E-state index in [-0.39, 0.29) is 6.61 Å². The lowest BCUT2D eigenvalue weighted by Crippen LogP contribution is -2.38. The number of carbonyl (C=O) groups is 1. The fourth-order valence-electron chi connectivity index (χ4n) is 0.938. The molecule has 0 aromatic heterocycles. The molecule has 0 atom stereocenters. The van der Waals surface area contributed by atoms with Crippen LogP contribution in [0.25, 0.3) is 0 Å². The predicted octanol–water partition coefficient (Wildman–Crippen LogP) is 2.53. The van der Waals surface area contributed by atoms with Crippen molar-refractivity contribution in [2.75, 3.05) is 0 Å². The van der Waals surface area contributed by atoms with Gasteiger partial charge >= 0.3 is 12.1 Å². The number of carbonyl (C=O) groups excluding carboxylic acids is 1. The molecule has 1 rings (SSSR count). The van der Waals surface area contributed by atoms with E-state index < -0.39 is 12.1 Å². The minimum absolute atomic E-state index is 0.0250. The van der Waals surface area contributed by atoms with Crippen molar-refractivity contribution in [3.63, 3.8) is 0 Å². The summed E-state index contributed by atoms with van der Waals surface area (Å²) in [5.74, 6) is 0. The molecule has 0 radical (unpaired) electrons. The number of ether oxygens (including phenoxy) is 1. The maximum Gasteiger partial charge on any atom is 0.412 e. The summed E-state index contributed by atoms with van der Waals surface area (Å²) in [5, 5.41) is 1.39. The van der Waals surface area contributed by atoms with Gasteiger partial charge in [-0.3, -0.25) is 5.32 Å². The van der Waals surface area contributed by atoms with Gasteiger partial charge in [0.25, 0.3) is 0 Å². The Labute approximate surface area is 86.0 Å². The highest BCUT2D eigenvalue weighted by Gasteiger charge is 2.24. The van der Waals surface area contributed by atoms with E-state index >= 15 is 0 Å². The van der Waals surface area contributed by atoms with Gasteiger partial charge in [-0.1, -0.05) is 30.3 Å². The fourth-order valence-corrected chi connectivity index (χ4v) is 0.938. The highest BCUT2D eigenvalue weighted by molar-refractivity contribution is 5.67. The Balaban J connectivity index is 2.35. The third kappa shape index (κ3) is 4.95. The number of hydrogen-bond acceptors (Lipinski definition) is 2. The normalized spacial score (nSPS) is 10.9. The number of alkyl carbamates (subject to hydrolysis) is 1. The number of benzene rings is 1. The van der Waals surface area contributed by atoms with Gasteiger partial charge in [0.05, 0.1) is 0 Å². The first-order valence-electron chi connectivity index (χ1n) is 4.34. The number of nitrogens with one attached hydrogen (secondary N) is 1. The fraction of sp³-hybridized carbons (Fsp3) is 0.300. The lowest BCUT2D eigenvalue weighted by Gasteiger charge is -2.12. The van der Waals surface area contributed by atoms with Gasteiger partial charge in [0, 0.05) is 6.92 Å². The molecule has 0 spiro atoms. The number of hydrogen-bond donors (Lipinski definition) is 1. The highest BCUT2D eigenvalue weighted by Crippen LogP contribution is 2.07. The van der Waals surface area contributed by atoms with E-state index in [2.05, 4.69) is 4.74 Å². The molecule has 5 heteroatoms. The Hall–Kier alpha value is -1.65. The van der Waals surface area contributed by atoms with Gasteiger partial charge in [0.2, 0.25) is 0 Å². The molecule has 1 aromatic carbocycles. The SMILES string of the molecule is CC(F)(F)NC(=O)OCc1ccccc1. The zero-order valence-corrected chi connectivity index (χ0v) is 8.17. The lowest BCUT2D eigenvalue weighted by molar-refractivity contribution is -0.0149. The second-order valence-electron chi connectivity index (χ2n) is 3.08. The van der Waals surface area contributed by atoms with Crippen LogP contribution in [0.2, 0.25) is 0 Å². The summed E-state index contributed by atoms with van der Waals surface area (Å²) >= 11 is 0. The number of amides is 1. The average molecular weight is 215 g/mol. The van der Waals surface area contributed by atoms with Crippen LogP contribution >= 0.6 is 0 Å². The highest BCUT2D eigenvalue weighted by atomic mass is 19.3. The van der Waals surface area contributed by atoms with Crippen molar-refractivity contribution in [3.05, 3.63) is 35.9 Å². The van der Waals surface area contributed by atoms with Gasteiger partial charge in [-0.2, -0.15) is 8.78 Å². The zero-order chi connectivity index (χ0) is 11.3. The largest absolute Gasteiger partial charge is 0.445 e. The van der Waals surface area contributed by atoms with Crippen molar-refractivity contribution in [1.82, 2.24) is 5.32 Å². The first kappa shape index (κ1) is 11.4. The molecule has 0 unspecified atom stereocenters. The standard InChI is InChI=1S/C10H11F2NO2/c1-10(11,12)13-9(14)15-7-8-5-3-2-4-6-8/h2-6H,7H2,1H3,(H,13,14). The second kappa shape index (κ2) is 4.72. The molecule has 1 amide bonds. The van der Waals surface area contributed by atoms with Crippen LogP contribution < -0.4 is 5.32 Å². The molecule has 0 saturated heterocycles. The van der Waals surface area contributed by atoms with Crippen molar-refractivity contribution < 1.29 is 18.3 Å². The van der Waals surface area contributed by atoms with Crippen LogP contribution in [0.1, 0.15) is 12.5 Å². The summed E-state index contributed by atoms with van der Waals surface area (Å²) in [4.78, 5) is 10.8. The third-order valence-corrected chi connectivity index (χ3v) is 1.53. The number of alkyl halides is 2. The average Bonchev–Trinajstić information content (AvgIpc) is 2.14. The molecule has 0 saturated carbocycles. The molecule has 1 aromatic rings. The van der Waals surface area contributed by atoms with E-state index in [4.69, 9.17) is 0 Å². The van der Waals surface area contributed by atoms with E-state index in [1.165, 1.54) is 5.32 Å². The molecule has 3 nitrogen and oxygen atoms in total. The van der Waals surface area contributed by atoms with Crippen molar-refractivity contribution >= 4 is 6.09 Å². The minimum atomic E-state index is -3.26. The van der Waals surface area contributed by atoms with Gasteiger partial charge in [-0.25, -0.2) is 4.79 Å². The third-order valence-electron chi connectivity index (χ3n) is 1.53. The molecule has 0 bridgehead atoms. The summed E-state index contributed by atoms with van der Waals surface area (Å²) in [5.41, 5.74) is 0.743. The molecule has 0 fully saturated rings. The predicted molar refractivity (Wildman–Crippen MR) is 50.4 cm³/mol. The van der Waals surface area contributed by atoms with E-state index in [0.717, 1.165) is 5.56 Å². The van der Waals surface area contributed by atoms with E-state index in [0.29, 0.717) is 6.92 Å². The maximum atomic E-state index is 12.3. The molecule has 0 aliphatic heterocycles. The Kier molecular flexibility index (Phi) is 3.60. The molecule has 82 valence electrons. The lowest BCUT2D eigenvalue weighted by atomic mass is 10.2.